The van der Waals surface area contributed by atoms with Crippen LogP contribution in [0, 0.1) is 0 Å². The Bertz CT molecular complexity index is 705. The van der Waals surface area contributed by atoms with Gasteiger partial charge in [0.2, 0.25) is 0 Å². The van der Waals surface area contributed by atoms with E-state index in [1.165, 1.54) is 0 Å². The first-order valence-corrected chi connectivity index (χ1v) is 5.89. The van der Waals surface area contributed by atoms with Crippen LogP contribution in [-0.2, 0) is 13.1 Å². The largest absolute Gasteiger partial charge is 0.394 e. The molecule has 0 saturated carbocycles. The van der Waals surface area contributed by atoms with Gasteiger partial charge in [-0.1, -0.05) is 18.2 Å². The number of para-hydroxylation sites is 1. The van der Waals surface area contributed by atoms with Gasteiger partial charge >= 0.3 is 0 Å². The van der Waals surface area contributed by atoms with Gasteiger partial charge in [0.25, 0.3) is 0 Å². The first-order valence-electron chi connectivity index (χ1n) is 5.89. The van der Waals surface area contributed by atoms with E-state index in [0.717, 1.165) is 27.5 Å². The minimum absolute atomic E-state index is 0.0668. The number of hydrogen-bond acceptors (Lipinski definition) is 4. The molecule has 0 spiro atoms. The molecule has 1 aromatic carbocycles. The van der Waals surface area contributed by atoms with Gasteiger partial charge in [0.15, 0.2) is 0 Å². The molecule has 0 saturated heterocycles. The fourth-order valence-electron chi connectivity index (χ4n) is 2.19. The maximum absolute atomic E-state index is 8.98. The topological polar surface area (TPSA) is 77.0 Å². The van der Waals surface area contributed by atoms with Gasteiger partial charge in [-0.2, -0.15) is 5.10 Å². The molecule has 2 heterocycles. The molecule has 0 aliphatic rings. The van der Waals surface area contributed by atoms with Crippen LogP contribution in [0.25, 0.3) is 21.8 Å². The molecule has 5 heteroatoms. The minimum Gasteiger partial charge on any atom is -0.394 e. The summed E-state index contributed by atoms with van der Waals surface area (Å²) >= 11 is 0. The van der Waals surface area contributed by atoms with E-state index in [4.69, 9.17) is 10.8 Å². The van der Waals surface area contributed by atoms with Gasteiger partial charge in [-0.25, -0.2) is 4.98 Å². The average Bonchev–Trinajstić information content (AvgIpc) is 2.82. The normalized spacial score (nSPS) is 11.4. The van der Waals surface area contributed by atoms with Gasteiger partial charge in [-0.15, -0.1) is 0 Å². The number of aliphatic hydroxyl groups excluding tert-OH is 1. The fourth-order valence-corrected chi connectivity index (χ4v) is 2.19. The Balaban J connectivity index is 2.37. The molecule has 0 unspecified atom stereocenters. The van der Waals surface area contributed by atoms with Crippen LogP contribution < -0.4 is 5.73 Å². The molecule has 18 heavy (non-hydrogen) atoms. The van der Waals surface area contributed by atoms with E-state index in [2.05, 4.69) is 10.1 Å². The van der Waals surface area contributed by atoms with Gasteiger partial charge in [-0.3, -0.25) is 4.68 Å². The summed E-state index contributed by atoms with van der Waals surface area (Å²) in [5, 5.41) is 15.5. The SMILES string of the molecule is NCc1nc2ccccc2c2cn(CCO)nc12. The zero-order valence-electron chi connectivity index (χ0n) is 9.87. The maximum Gasteiger partial charge on any atom is 0.116 e. The highest BCUT2D eigenvalue weighted by atomic mass is 16.3. The van der Waals surface area contributed by atoms with Gasteiger partial charge in [0.05, 0.1) is 24.4 Å². The van der Waals surface area contributed by atoms with Crippen LogP contribution in [0.5, 0.6) is 0 Å². The van der Waals surface area contributed by atoms with Crippen molar-refractivity contribution in [2.45, 2.75) is 13.1 Å². The van der Waals surface area contributed by atoms with Crippen molar-refractivity contribution >= 4 is 21.8 Å². The molecular weight excluding hydrogens is 228 g/mol. The third-order valence-corrected chi connectivity index (χ3v) is 3.01. The monoisotopic (exact) mass is 242 g/mol. The quantitative estimate of drug-likeness (QED) is 0.719. The third-order valence-electron chi connectivity index (χ3n) is 3.01. The van der Waals surface area contributed by atoms with Crippen molar-refractivity contribution < 1.29 is 5.11 Å². The summed E-state index contributed by atoms with van der Waals surface area (Å²) in [6.07, 6.45) is 1.94. The number of benzene rings is 1. The Morgan fingerprint density at radius 3 is 2.83 bits per heavy atom. The molecule has 0 atom stereocenters. The van der Waals surface area contributed by atoms with Crippen molar-refractivity contribution in [3.05, 3.63) is 36.2 Å². The Morgan fingerprint density at radius 2 is 2.06 bits per heavy atom. The van der Waals surface area contributed by atoms with E-state index in [0.29, 0.717) is 13.1 Å². The lowest BCUT2D eigenvalue weighted by molar-refractivity contribution is 0.270. The molecule has 2 aromatic heterocycles. The Labute approximate surface area is 104 Å². The van der Waals surface area contributed by atoms with Crippen molar-refractivity contribution in [3.63, 3.8) is 0 Å². The van der Waals surface area contributed by atoms with E-state index in [-0.39, 0.29) is 6.61 Å². The molecular formula is C13H14N4O. The average molecular weight is 242 g/mol. The molecule has 0 bridgehead atoms. The van der Waals surface area contributed by atoms with Gasteiger partial charge < -0.3 is 10.8 Å². The predicted octanol–water partition coefficient (Wildman–Crippen LogP) is 1.04. The Morgan fingerprint density at radius 1 is 1.22 bits per heavy atom. The lowest BCUT2D eigenvalue weighted by atomic mass is 10.1. The first kappa shape index (κ1) is 11.1. The van der Waals surface area contributed by atoms with E-state index >= 15 is 0 Å². The number of pyridine rings is 1. The molecule has 0 radical (unpaired) electrons. The summed E-state index contributed by atoms with van der Waals surface area (Å²) < 4.78 is 1.73. The number of nitrogens with two attached hydrogens (primary N) is 1. The minimum atomic E-state index is 0.0668. The van der Waals surface area contributed by atoms with Gasteiger partial charge in [0, 0.05) is 23.5 Å². The smallest absolute Gasteiger partial charge is 0.116 e. The van der Waals surface area contributed by atoms with Crippen LogP contribution in [0.1, 0.15) is 5.69 Å². The van der Waals surface area contributed by atoms with Crippen LogP contribution >= 0.6 is 0 Å². The van der Waals surface area contributed by atoms with E-state index < -0.39 is 0 Å². The number of nitrogens with zero attached hydrogens (tertiary/aromatic N) is 3. The molecule has 0 aliphatic carbocycles. The van der Waals surface area contributed by atoms with E-state index in [9.17, 15) is 0 Å². The molecule has 3 rings (SSSR count). The summed E-state index contributed by atoms with van der Waals surface area (Å²) in [7, 11) is 0. The van der Waals surface area contributed by atoms with Crippen LogP contribution in [0.3, 0.4) is 0 Å². The zero-order valence-corrected chi connectivity index (χ0v) is 9.87. The van der Waals surface area contributed by atoms with Gasteiger partial charge in [0.1, 0.15) is 5.52 Å². The maximum atomic E-state index is 8.98. The second kappa shape index (κ2) is 4.36. The molecule has 0 fully saturated rings. The lowest BCUT2D eigenvalue weighted by Gasteiger charge is -2.02. The highest BCUT2D eigenvalue weighted by Crippen LogP contribution is 2.25. The molecule has 92 valence electrons. The second-order valence-corrected chi connectivity index (χ2v) is 4.16. The van der Waals surface area contributed by atoms with Crippen LogP contribution in [0.2, 0.25) is 0 Å². The van der Waals surface area contributed by atoms with Crippen LogP contribution in [-0.4, -0.2) is 26.5 Å². The van der Waals surface area contributed by atoms with Crippen molar-refractivity contribution in [1.82, 2.24) is 14.8 Å². The highest BCUT2D eigenvalue weighted by Gasteiger charge is 2.10. The molecule has 0 aliphatic heterocycles. The Hall–Kier alpha value is -1.98. The third kappa shape index (κ3) is 1.64. The molecule has 5 nitrogen and oxygen atoms in total. The summed E-state index contributed by atoms with van der Waals surface area (Å²) in [5.74, 6) is 0. The van der Waals surface area contributed by atoms with Crippen molar-refractivity contribution in [2.75, 3.05) is 6.61 Å². The second-order valence-electron chi connectivity index (χ2n) is 4.16. The summed E-state index contributed by atoms with van der Waals surface area (Å²) in [6.45, 7) is 0.905. The number of aliphatic hydroxyl groups is 1. The number of fused-ring (bicyclic) bond motifs is 3. The first-order chi connectivity index (χ1) is 8.83. The van der Waals surface area contributed by atoms with Crippen LogP contribution in [0.15, 0.2) is 30.5 Å². The highest BCUT2D eigenvalue weighted by molar-refractivity contribution is 6.04. The lowest BCUT2D eigenvalue weighted by Crippen LogP contribution is -2.03. The number of aromatic nitrogens is 3. The van der Waals surface area contributed by atoms with Gasteiger partial charge in [-0.05, 0) is 6.07 Å². The predicted molar refractivity (Wildman–Crippen MR) is 70.0 cm³/mol. The fraction of sp³-hybridized carbons (Fsp3) is 0.231. The summed E-state index contributed by atoms with van der Waals surface area (Å²) in [6, 6.07) is 7.93. The summed E-state index contributed by atoms with van der Waals surface area (Å²) in [4.78, 5) is 4.53. The van der Waals surface area contributed by atoms with E-state index in [1.807, 2.05) is 30.5 Å². The van der Waals surface area contributed by atoms with Crippen LogP contribution in [0.4, 0.5) is 0 Å². The molecule has 0 amide bonds. The molecule has 3 N–H and O–H groups in total. The summed E-state index contributed by atoms with van der Waals surface area (Å²) in [5.41, 5.74) is 8.27. The van der Waals surface area contributed by atoms with Crippen molar-refractivity contribution in [3.8, 4) is 0 Å². The molecule has 3 aromatic rings. The van der Waals surface area contributed by atoms with Crippen molar-refractivity contribution in [2.24, 2.45) is 5.73 Å². The van der Waals surface area contributed by atoms with E-state index in [1.54, 1.807) is 4.68 Å². The van der Waals surface area contributed by atoms with Crippen molar-refractivity contribution in [1.29, 1.82) is 0 Å². The number of rotatable bonds is 3. The number of hydrogen-bond donors (Lipinski definition) is 2. The zero-order chi connectivity index (χ0) is 12.5. The standard InChI is InChI=1S/C13H14N4O/c14-7-12-13-10(8-17(16-13)5-6-18)9-3-1-2-4-11(9)15-12/h1-4,8,18H,5-7,14H2. The Kier molecular flexibility index (Phi) is 2.70.